The van der Waals surface area contributed by atoms with Crippen molar-refractivity contribution in [1.82, 2.24) is 15.0 Å². The zero-order chi connectivity index (χ0) is 19.4. The Bertz CT molecular complexity index is 1010. The van der Waals surface area contributed by atoms with E-state index in [4.69, 9.17) is 11.5 Å². The first kappa shape index (κ1) is 18.1. The van der Waals surface area contributed by atoms with Crippen LogP contribution in [0.3, 0.4) is 0 Å². The molecule has 3 rings (SSSR count). The molecule has 9 heteroatoms. The fraction of sp³-hybridized carbons (Fsp3) is 0.167. The minimum atomic E-state index is -0.721. The maximum absolute atomic E-state index is 11.7. The Labute approximate surface area is 155 Å². The summed E-state index contributed by atoms with van der Waals surface area (Å²) in [4.78, 5) is 35.6. The minimum Gasteiger partial charge on any atom is -0.368 e. The van der Waals surface area contributed by atoms with E-state index in [1.54, 1.807) is 12.4 Å². The van der Waals surface area contributed by atoms with Gasteiger partial charge in [-0.15, -0.1) is 0 Å². The van der Waals surface area contributed by atoms with Gasteiger partial charge >= 0.3 is 0 Å². The number of anilines is 3. The van der Waals surface area contributed by atoms with E-state index in [-0.39, 0.29) is 11.5 Å². The van der Waals surface area contributed by atoms with Crippen LogP contribution in [0.15, 0.2) is 42.9 Å². The van der Waals surface area contributed by atoms with Gasteiger partial charge in [-0.3, -0.25) is 14.6 Å². The van der Waals surface area contributed by atoms with Crippen molar-refractivity contribution >= 4 is 39.9 Å². The molecular formula is C18H19N7O2. The molecule has 1 atom stereocenters. The Hall–Kier alpha value is -3.75. The Morgan fingerprint density at radius 1 is 1.15 bits per heavy atom. The SMILES string of the molecule is CC[C@@H](Nc1cnc(C(N)=O)c(Nc2ccc3ccncc3c2)n1)C(N)=O. The number of pyridine rings is 1. The fourth-order valence-corrected chi connectivity index (χ4v) is 2.58. The fourth-order valence-electron chi connectivity index (χ4n) is 2.58. The molecule has 0 bridgehead atoms. The smallest absolute Gasteiger partial charge is 0.271 e. The Kier molecular flexibility index (Phi) is 5.11. The number of aromatic nitrogens is 3. The summed E-state index contributed by atoms with van der Waals surface area (Å²) in [6.07, 6.45) is 5.26. The van der Waals surface area contributed by atoms with Crippen LogP contribution in [0.1, 0.15) is 23.8 Å². The molecule has 0 saturated carbocycles. The van der Waals surface area contributed by atoms with Gasteiger partial charge in [-0.25, -0.2) is 9.97 Å². The van der Waals surface area contributed by atoms with Gasteiger partial charge in [0.05, 0.1) is 6.20 Å². The molecule has 27 heavy (non-hydrogen) atoms. The lowest BCUT2D eigenvalue weighted by molar-refractivity contribution is -0.118. The number of hydrogen-bond acceptors (Lipinski definition) is 7. The van der Waals surface area contributed by atoms with E-state index in [0.717, 1.165) is 10.8 Å². The van der Waals surface area contributed by atoms with Crippen molar-refractivity contribution in [3.63, 3.8) is 0 Å². The summed E-state index contributed by atoms with van der Waals surface area (Å²) in [5, 5.41) is 7.90. The molecule has 0 fully saturated rings. The molecule has 0 saturated heterocycles. The van der Waals surface area contributed by atoms with Crippen LogP contribution in [-0.2, 0) is 4.79 Å². The highest BCUT2D eigenvalue weighted by Gasteiger charge is 2.17. The third kappa shape index (κ3) is 4.09. The number of nitrogens with zero attached hydrogens (tertiary/aromatic N) is 3. The van der Waals surface area contributed by atoms with E-state index < -0.39 is 17.9 Å². The standard InChI is InChI=1S/C18H19N7O2/c1-2-13(16(19)26)24-14-9-22-15(17(20)27)18(25-14)23-12-4-3-10-5-6-21-8-11(10)7-12/h3-9,13H,2H2,1H3,(H2,19,26)(H2,20,27)(H2,23,24,25)/t13-/m1/s1. The van der Waals surface area contributed by atoms with Crippen LogP contribution < -0.4 is 22.1 Å². The highest BCUT2D eigenvalue weighted by molar-refractivity contribution is 5.97. The first-order valence-corrected chi connectivity index (χ1v) is 8.31. The summed E-state index contributed by atoms with van der Waals surface area (Å²) in [5.41, 5.74) is 11.4. The van der Waals surface area contributed by atoms with E-state index in [1.807, 2.05) is 31.2 Å². The van der Waals surface area contributed by atoms with Gasteiger partial charge in [0.2, 0.25) is 5.91 Å². The number of benzene rings is 1. The molecule has 2 heterocycles. The lowest BCUT2D eigenvalue weighted by atomic mass is 10.1. The number of primary amides is 2. The molecule has 138 valence electrons. The van der Waals surface area contributed by atoms with E-state index in [9.17, 15) is 9.59 Å². The van der Waals surface area contributed by atoms with Crippen LogP contribution in [0, 0.1) is 0 Å². The average Bonchev–Trinajstić information content (AvgIpc) is 2.65. The second kappa shape index (κ2) is 7.65. The summed E-state index contributed by atoms with van der Waals surface area (Å²) in [7, 11) is 0. The number of hydrogen-bond donors (Lipinski definition) is 4. The number of carbonyl (C=O) groups is 2. The minimum absolute atomic E-state index is 0.0149. The van der Waals surface area contributed by atoms with Crippen molar-refractivity contribution in [2.45, 2.75) is 19.4 Å². The molecule has 0 spiro atoms. The van der Waals surface area contributed by atoms with Gasteiger partial charge in [-0.1, -0.05) is 13.0 Å². The molecule has 1 aromatic carbocycles. The lowest BCUT2D eigenvalue weighted by Crippen LogP contribution is -2.35. The van der Waals surface area contributed by atoms with Crippen LogP contribution in [0.5, 0.6) is 0 Å². The summed E-state index contributed by atoms with van der Waals surface area (Å²) in [5.74, 6) is -0.749. The first-order valence-electron chi connectivity index (χ1n) is 8.31. The quantitative estimate of drug-likeness (QED) is 0.496. The maximum Gasteiger partial charge on any atom is 0.271 e. The highest BCUT2D eigenvalue weighted by Crippen LogP contribution is 2.23. The van der Waals surface area contributed by atoms with Crippen LogP contribution in [0.4, 0.5) is 17.3 Å². The molecule has 9 nitrogen and oxygen atoms in total. The third-order valence-electron chi connectivity index (χ3n) is 3.98. The van der Waals surface area contributed by atoms with Crippen LogP contribution in [0.25, 0.3) is 10.8 Å². The molecule has 2 amide bonds. The Morgan fingerprint density at radius 2 is 1.96 bits per heavy atom. The molecule has 0 unspecified atom stereocenters. The molecule has 0 aliphatic rings. The molecule has 0 aliphatic carbocycles. The van der Waals surface area contributed by atoms with Gasteiger partial charge in [0.25, 0.3) is 5.91 Å². The predicted molar refractivity (Wildman–Crippen MR) is 102 cm³/mol. The lowest BCUT2D eigenvalue weighted by Gasteiger charge is -2.16. The first-order chi connectivity index (χ1) is 13.0. The molecule has 6 N–H and O–H groups in total. The second-order valence-corrected chi connectivity index (χ2v) is 5.89. The van der Waals surface area contributed by atoms with E-state index in [2.05, 4.69) is 25.6 Å². The van der Waals surface area contributed by atoms with Crippen LogP contribution in [-0.4, -0.2) is 32.8 Å². The number of carbonyl (C=O) groups excluding carboxylic acids is 2. The van der Waals surface area contributed by atoms with Gasteiger partial charge in [0.1, 0.15) is 11.9 Å². The van der Waals surface area contributed by atoms with Gasteiger partial charge in [0.15, 0.2) is 11.5 Å². The zero-order valence-electron chi connectivity index (χ0n) is 14.6. The molecule has 0 radical (unpaired) electrons. The topological polar surface area (TPSA) is 149 Å². The number of amides is 2. The zero-order valence-corrected chi connectivity index (χ0v) is 14.6. The van der Waals surface area contributed by atoms with Gasteiger partial charge in [0, 0.05) is 23.5 Å². The van der Waals surface area contributed by atoms with Crippen molar-refractivity contribution in [1.29, 1.82) is 0 Å². The molecule has 3 aromatic rings. The van der Waals surface area contributed by atoms with E-state index in [0.29, 0.717) is 17.9 Å². The number of nitrogens with one attached hydrogen (secondary N) is 2. The second-order valence-electron chi connectivity index (χ2n) is 5.89. The van der Waals surface area contributed by atoms with Crippen molar-refractivity contribution in [3.05, 3.63) is 48.5 Å². The third-order valence-corrected chi connectivity index (χ3v) is 3.98. The Morgan fingerprint density at radius 3 is 2.67 bits per heavy atom. The van der Waals surface area contributed by atoms with Crippen LogP contribution >= 0.6 is 0 Å². The number of rotatable bonds is 7. The highest BCUT2D eigenvalue weighted by atomic mass is 16.1. The summed E-state index contributed by atoms with van der Waals surface area (Å²) < 4.78 is 0. The van der Waals surface area contributed by atoms with Gasteiger partial charge in [-0.05, 0) is 30.0 Å². The normalized spacial score (nSPS) is 11.7. The Balaban J connectivity index is 1.94. The number of nitrogens with two attached hydrogens (primary N) is 2. The van der Waals surface area contributed by atoms with Gasteiger partial charge < -0.3 is 22.1 Å². The summed E-state index contributed by atoms with van der Waals surface area (Å²) >= 11 is 0. The molecule has 2 aromatic heterocycles. The molecular weight excluding hydrogens is 346 g/mol. The van der Waals surface area contributed by atoms with Gasteiger partial charge in [-0.2, -0.15) is 0 Å². The van der Waals surface area contributed by atoms with Crippen LogP contribution in [0.2, 0.25) is 0 Å². The number of fused-ring (bicyclic) bond motifs is 1. The monoisotopic (exact) mass is 365 g/mol. The van der Waals surface area contributed by atoms with Crippen molar-refractivity contribution < 1.29 is 9.59 Å². The van der Waals surface area contributed by atoms with E-state index in [1.165, 1.54) is 6.20 Å². The largest absolute Gasteiger partial charge is 0.368 e. The maximum atomic E-state index is 11.7. The average molecular weight is 365 g/mol. The molecule has 0 aliphatic heterocycles. The van der Waals surface area contributed by atoms with E-state index >= 15 is 0 Å². The van der Waals surface area contributed by atoms with Crippen molar-refractivity contribution in [2.75, 3.05) is 10.6 Å². The van der Waals surface area contributed by atoms with Crippen molar-refractivity contribution in [2.24, 2.45) is 11.5 Å². The predicted octanol–water partition coefficient (Wildman–Crippen LogP) is 1.54. The summed E-state index contributed by atoms with van der Waals surface area (Å²) in [6, 6.07) is 6.92. The van der Waals surface area contributed by atoms with Crippen molar-refractivity contribution in [3.8, 4) is 0 Å². The summed E-state index contributed by atoms with van der Waals surface area (Å²) in [6.45, 7) is 1.82.